The van der Waals surface area contributed by atoms with Crippen LogP contribution in [0.25, 0.3) is 0 Å². The van der Waals surface area contributed by atoms with Crippen LogP contribution in [-0.2, 0) is 4.79 Å². The Morgan fingerprint density at radius 1 is 1.14 bits per heavy atom. The Morgan fingerprint density at radius 2 is 1.86 bits per heavy atom. The highest BCUT2D eigenvalue weighted by Gasteiger charge is 2.18. The van der Waals surface area contributed by atoms with Crippen molar-refractivity contribution < 1.29 is 19.1 Å². The van der Waals surface area contributed by atoms with Crippen LogP contribution < -0.4 is 20.1 Å². The smallest absolute Gasteiger partial charge is 0.253 e. The predicted molar refractivity (Wildman–Crippen MR) is 112 cm³/mol. The lowest BCUT2D eigenvalue weighted by Gasteiger charge is -2.15. The van der Waals surface area contributed by atoms with Crippen LogP contribution in [0.5, 0.6) is 11.5 Å². The average molecular weight is 401 g/mol. The molecule has 0 aromatic heterocycles. The van der Waals surface area contributed by atoms with E-state index in [9.17, 15) is 9.59 Å². The number of para-hydroxylation sites is 1. The van der Waals surface area contributed by atoms with Crippen molar-refractivity contribution in [1.82, 2.24) is 5.32 Å². The van der Waals surface area contributed by atoms with Crippen molar-refractivity contribution in [3.05, 3.63) is 60.7 Å². The number of methoxy groups -OCH3 is 2. The summed E-state index contributed by atoms with van der Waals surface area (Å²) in [6.07, 6.45) is 1.60. The van der Waals surface area contributed by atoms with Crippen molar-refractivity contribution >= 4 is 29.3 Å². The number of benzene rings is 2. The summed E-state index contributed by atoms with van der Waals surface area (Å²) in [5, 5.41) is 5.17. The molecule has 0 fully saturated rings. The lowest BCUT2D eigenvalue weighted by Crippen LogP contribution is -2.27. The number of anilines is 1. The summed E-state index contributed by atoms with van der Waals surface area (Å²) in [5.41, 5.74) is 0.870. The third kappa shape index (κ3) is 5.53. The fourth-order valence-corrected chi connectivity index (χ4v) is 3.33. The van der Waals surface area contributed by atoms with Crippen LogP contribution in [0, 0.1) is 0 Å². The van der Waals surface area contributed by atoms with Gasteiger partial charge >= 0.3 is 0 Å². The molecule has 28 heavy (non-hydrogen) atoms. The van der Waals surface area contributed by atoms with Crippen molar-refractivity contribution in [3.8, 4) is 11.5 Å². The number of hydrogen-bond donors (Lipinski definition) is 2. The summed E-state index contributed by atoms with van der Waals surface area (Å²) in [4.78, 5) is 25.8. The van der Waals surface area contributed by atoms with Gasteiger partial charge in [0.1, 0.15) is 0 Å². The number of hydrogen-bond acceptors (Lipinski definition) is 5. The maximum Gasteiger partial charge on any atom is 0.253 e. The maximum atomic E-state index is 12.6. The van der Waals surface area contributed by atoms with Gasteiger partial charge in [-0.05, 0) is 37.3 Å². The molecule has 0 aliphatic carbocycles. The molecule has 2 N–H and O–H groups in total. The molecule has 1 atom stereocenters. The van der Waals surface area contributed by atoms with Gasteiger partial charge in [0.15, 0.2) is 11.5 Å². The Balaban J connectivity index is 2.09. The minimum atomic E-state index is -0.387. The molecule has 0 heterocycles. The van der Waals surface area contributed by atoms with Gasteiger partial charge in [0.2, 0.25) is 5.91 Å². The van der Waals surface area contributed by atoms with E-state index in [-0.39, 0.29) is 17.1 Å². The molecule has 0 saturated heterocycles. The minimum absolute atomic E-state index is 0.205. The second kappa shape index (κ2) is 10.4. The first kappa shape index (κ1) is 21.4. The van der Waals surface area contributed by atoms with Gasteiger partial charge < -0.3 is 20.1 Å². The lowest BCUT2D eigenvalue weighted by molar-refractivity contribution is -0.115. The van der Waals surface area contributed by atoms with Crippen LogP contribution in [0.2, 0.25) is 0 Å². The third-order valence-electron chi connectivity index (χ3n) is 3.87. The number of rotatable bonds is 9. The number of ether oxygens (including phenoxy) is 2. The first-order chi connectivity index (χ1) is 13.5. The second-order valence-corrected chi connectivity index (χ2v) is 7.22. The molecular weight excluding hydrogens is 376 g/mol. The standard InChI is InChI=1S/C21H24N2O4S/c1-5-12-22-21(25)16-8-6-7-9-17(16)23-20(24)14(2)28-15-10-11-18(26-3)19(13-15)27-4/h5-11,13-14H,1,12H2,2-4H3,(H,22,25)(H,23,24)/t14-/m0/s1. The summed E-state index contributed by atoms with van der Waals surface area (Å²) in [6.45, 7) is 5.74. The van der Waals surface area contributed by atoms with Gasteiger partial charge in [-0.15, -0.1) is 18.3 Å². The monoisotopic (exact) mass is 400 g/mol. The van der Waals surface area contributed by atoms with E-state index in [1.54, 1.807) is 57.6 Å². The van der Waals surface area contributed by atoms with Crippen LogP contribution in [-0.4, -0.2) is 37.8 Å². The third-order valence-corrected chi connectivity index (χ3v) is 4.97. The van der Waals surface area contributed by atoms with Crippen molar-refractivity contribution in [2.45, 2.75) is 17.1 Å². The Hall–Kier alpha value is -2.93. The zero-order valence-electron chi connectivity index (χ0n) is 16.2. The summed E-state index contributed by atoms with van der Waals surface area (Å²) in [6, 6.07) is 12.4. The molecule has 0 saturated carbocycles. The van der Waals surface area contributed by atoms with Gasteiger partial charge in [-0.3, -0.25) is 9.59 Å². The molecule has 148 valence electrons. The van der Waals surface area contributed by atoms with E-state index in [4.69, 9.17) is 9.47 Å². The van der Waals surface area contributed by atoms with Crippen molar-refractivity contribution in [2.24, 2.45) is 0 Å². The van der Waals surface area contributed by atoms with Gasteiger partial charge in [-0.2, -0.15) is 0 Å². The zero-order chi connectivity index (χ0) is 20.5. The zero-order valence-corrected chi connectivity index (χ0v) is 17.0. The Kier molecular flexibility index (Phi) is 7.95. The number of thioether (sulfide) groups is 1. The van der Waals surface area contributed by atoms with Crippen LogP contribution in [0.1, 0.15) is 17.3 Å². The van der Waals surface area contributed by atoms with Crippen molar-refractivity contribution in [1.29, 1.82) is 0 Å². The first-order valence-electron chi connectivity index (χ1n) is 8.67. The largest absolute Gasteiger partial charge is 0.493 e. The topological polar surface area (TPSA) is 76.7 Å². The highest BCUT2D eigenvalue weighted by Crippen LogP contribution is 2.33. The van der Waals surface area contributed by atoms with E-state index in [1.807, 2.05) is 12.1 Å². The van der Waals surface area contributed by atoms with E-state index >= 15 is 0 Å². The summed E-state index contributed by atoms with van der Waals surface area (Å²) in [7, 11) is 3.14. The molecule has 0 radical (unpaired) electrons. The van der Waals surface area contributed by atoms with Crippen LogP contribution in [0.4, 0.5) is 5.69 Å². The molecule has 0 aliphatic rings. The van der Waals surface area contributed by atoms with E-state index in [2.05, 4.69) is 17.2 Å². The van der Waals surface area contributed by atoms with Gasteiger partial charge in [0.25, 0.3) is 5.91 Å². The number of nitrogens with one attached hydrogen (secondary N) is 2. The molecule has 7 heteroatoms. The highest BCUT2D eigenvalue weighted by molar-refractivity contribution is 8.00. The first-order valence-corrected chi connectivity index (χ1v) is 9.55. The molecule has 2 rings (SSSR count). The van der Waals surface area contributed by atoms with E-state index in [0.29, 0.717) is 29.3 Å². The molecule has 0 aliphatic heterocycles. The van der Waals surface area contributed by atoms with Crippen LogP contribution in [0.15, 0.2) is 60.0 Å². The fraction of sp³-hybridized carbons (Fsp3) is 0.238. The predicted octanol–water partition coefficient (Wildman–Crippen LogP) is 3.74. The minimum Gasteiger partial charge on any atom is -0.493 e. The van der Waals surface area contributed by atoms with Crippen molar-refractivity contribution in [3.63, 3.8) is 0 Å². The Bertz CT molecular complexity index is 854. The number of amides is 2. The molecule has 0 spiro atoms. The maximum absolute atomic E-state index is 12.6. The second-order valence-electron chi connectivity index (χ2n) is 5.81. The normalized spacial score (nSPS) is 11.2. The Labute approximate surface area is 169 Å². The lowest BCUT2D eigenvalue weighted by atomic mass is 10.1. The fourth-order valence-electron chi connectivity index (χ4n) is 2.43. The number of carbonyl (C=O) groups excluding carboxylic acids is 2. The van der Waals surface area contributed by atoms with Crippen LogP contribution in [0.3, 0.4) is 0 Å². The van der Waals surface area contributed by atoms with E-state index < -0.39 is 0 Å². The SMILES string of the molecule is C=CCNC(=O)c1ccccc1NC(=O)[C@H](C)Sc1ccc(OC)c(OC)c1. The molecule has 0 unspecified atom stereocenters. The van der Waals surface area contributed by atoms with Gasteiger partial charge in [-0.1, -0.05) is 18.2 Å². The summed E-state index contributed by atoms with van der Waals surface area (Å²) >= 11 is 1.39. The van der Waals surface area contributed by atoms with Gasteiger partial charge in [0.05, 0.1) is 30.7 Å². The van der Waals surface area contributed by atoms with E-state index in [1.165, 1.54) is 11.8 Å². The summed E-state index contributed by atoms with van der Waals surface area (Å²) < 4.78 is 10.5. The van der Waals surface area contributed by atoms with Crippen LogP contribution >= 0.6 is 11.8 Å². The summed E-state index contributed by atoms with van der Waals surface area (Å²) in [5.74, 6) is 0.757. The molecule has 2 aromatic carbocycles. The highest BCUT2D eigenvalue weighted by atomic mass is 32.2. The molecule has 2 amide bonds. The number of carbonyl (C=O) groups is 2. The molecule has 0 bridgehead atoms. The van der Waals surface area contributed by atoms with E-state index in [0.717, 1.165) is 4.90 Å². The molecular formula is C21H24N2O4S. The van der Waals surface area contributed by atoms with Crippen molar-refractivity contribution in [2.75, 3.05) is 26.1 Å². The molecule has 6 nitrogen and oxygen atoms in total. The Morgan fingerprint density at radius 3 is 2.54 bits per heavy atom. The quantitative estimate of drug-likeness (QED) is 0.495. The average Bonchev–Trinajstić information content (AvgIpc) is 2.72. The van der Waals surface area contributed by atoms with Gasteiger partial charge in [-0.25, -0.2) is 0 Å². The van der Waals surface area contributed by atoms with Gasteiger partial charge in [0, 0.05) is 11.4 Å². The molecule has 2 aromatic rings.